The Morgan fingerprint density at radius 3 is 2.66 bits per heavy atom. The minimum absolute atomic E-state index is 0.0259. The van der Waals surface area contributed by atoms with Crippen LogP contribution in [-0.4, -0.2) is 24.4 Å². The maximum atomic E-state index is 13.2. The molecule has 0 radical (unpaired) electrons. The number of halogens is 3. The number of aliphatic imine (C=N–C) groups is 2. The van der Waals surface area contributed by atoms with E-state index in [1.54, 1.807) is 29.2 Å². The van der Waals surface area contributed by atoms with Crippen molar-refractivity contribution in [3.05, 3.63) is 59.7 Å². The van der Waals surface area contributed by atoms with Gasteiger partial charge in [0.2, 0.25) is 5.96 Å². The highest BCUT2D eigenvalue weighted by Gasteiger charge is 2.52. The number of carbonyl (C=O) groups excluding carboxylic acids is 1. The Balaban J connectivity index is 1.76. The van der Waals surface area contributed by atoms with E-state index in [1.165, 1.54) is 12.1 Å². The molecule has 1 amide bonds. The van der Waals surface area contributed by atoms with Gasteiger partial charge in [-0.3, -0.25) is 10.1 Å². The number of rotatable bonds is 2. The Morgan fingerprint density at radius 1 is 1.17 bits per heavy atom. The number of alkyl halides is 3. The Morgan fingerprint density at radius 2 is 1.93 bits per heavy atom. The molecule has 0 saturated heterocycles. The van der Waals surface area contributed by atoms with Crippen LogP contribution >= 0.6 is 0 Å². The van der Waals surface area contributed by atoms with Crippen LogP contribution < -0.4 is 21.3 Å². The van der Waals surface area contributed by atoms with Crippen molar-refractivity contribution in [1.82, 2.24) is 5.32 Å². The molecule has 7 nitrogen and oxygen atoms in total. The van der Waals surface area contributed by atoms with E-state index in [1.807, 2.05) is 6.92 Å². The Labute approximate surface area is 164 Å². The van der Waals surface area contributed by atoms with Crippen LogP contribution in [0.5, 0.6) is 0 Å². The third kappa shape index (κ3) is 3.06. The molecule has 4 rings (SSSR count). The van der Waals surface area contributed by atoms with Gasteiger partial charge in [-0.25, -0.2) is 9.98 Å². The summed E-state index contributed by atoms with van der Waals surface area (Å²) in [6.45, 7) is 2.24. The predicted molar refractivity (Wildman–Crippen MR) is 103 cm³/mol. The minimum atomic E-state index is -4.48. The molecule has 4 N–H and O–H groups in total. The molecule has 0 fully saturated rings. The van der Waals surface area contributed by atoms with Gasteiger partial charge < -0.3 is 16.0 Å². The first-order valence-corrected chi connectivity index (χ1v) is 8.82. The number of likely N-dealkylation sites (N-methyl/N-ethyl adjacent to an activating group) is 1. The summed E-state index contributed by atoms with van der Waals surface area (Å²) >= 11 is 0. The van der Waals surface area contributed by atoms with Gasteiger partial charge in [0.25, 0.3) is 11.6 Å². The molecule has 2 aromatic carbocycles. The second-order valence-electron chi connectivity index (χ2n) is 6.52. The van der Waals surface area contributed by atoms with Crippen LogP contribution in [0.2, 0.25) is 0 Å². The molecular formula is C19H17F3N6O. The highest BCUT2D eigenvalue weighted by molar-refractivity contribution is 6.14. The van der Waals surface area contributed by atoms with Gasteiger partial charge >= 0.3 is 6.18 Å². The van der Waals surface area contributed by atoms with Crippen molar-refractivity contribution >= 4 is 29.2 Å². The molecule has 0 unspecified atom stereocenters. The third-order valence-corrected chi connectivity index (χ3v) is 4.68. The Hall–Kier alpha value is -3.56. The van der Waals surface area contributed by atoms with Gasteiger partial charge in [-0.15, -0.1) is 0 Å². The van der Waals surface area contributed by atoms with Gasteiger partial charge in [0.15, 0.2) is 5.96 Å². The lowest BCUT2D eigenvalue weighted by Gasteiger charge is -2.27. The number of nitrogens with two attached hydrogens (primary N) is 1. The van der Waals surface area contributed by atoms with E-state index in [4.69, 9.17) is 5.73 Å². The molecule has 150 valence electrons. The van der Waals surface area contributed by atoms with Crippen molar-refractivity contribution < 1.29 is 18.0 Å². The molecule has 0 saturated carbocycles. The van der Waals surface area contributed by atoms with Gasteiger partial charge in [-0.05, 0) is 31.2 Å². The maximum Gasteiger partial charge on any atom is 0.416 e. The van der Waals surface area contributed by atoms with Gasteiger partial charge in [-0.1, -0.05) is 24.3 Å². The van der Waals surface area contributed by atoms with Crippen LogP contribution in [0.15, 0.2) is 58.5 Å². The second-order valence-corrected chi connectivity index (χ2v) is 6.52. The smallest absolute Gasteiger partial charge is 0.370 e. The van der Waals surface area contributed by atoms with Crippen LogP contribution in [0.1, 0.15) is 18.1 Å². The topological polar surface area (TPSA) is 95.1 Å². The van der Waals surface area contributed by atoms with Crippen LogP contribution in [0.3, 0.4) is 0 Å². The molecule has 0 bridgehead atoms. The number of hydrogen-bond donors (Lipinski definition) is 3. The second kappa shape index (κ2) is 6.50. The van der Waals surface area contributed by atoms with Gasteiger partial charge in [0.1, 0.15) is 0 Å². The first-order chi connectivity index (χ1) is 13.7. The van der Waals surface area contributed by atoms with E-state index in [2.05, 4.69) is 20.6 Å². The molecule has 29 heavy (non-hydrogen) atoms. The monoisotopic (exact) mass is 402 g/mol. The zero-order chi connectivity index (χ0) is 20.8. The number of anilines is 2. The fourth-order valence-corrected chi connectivity index (χ4v) is 3.45. The maximum absolute atomic E-state index is 13.2. The fourth-order valence-electron chi connectivity index (χ4n) is 3.45. The summed E-state index contributed by atoms with van der Waals surface area (Å²) in [6, 6.07) is 11.7. The molecule has 10 heteroatoms. The zero-order valence-corrected chi connectivity index (χ0v) is 15.3. The standard InChI is InChI=1S/C19H17F3N6O/c1-2-28-14-9-4-3-8-13(14)18(15(28)29)26-16(23)25-17(27-18)24-12-7-5-6-11(10-12)19(20,21)22/h3-10H,2H2,1H3,(H4,23,24,25,26,27)/t18-/m0/s1. The van der Waals surface area contributed by atoms with E-state index in [9.17, 15) is 18.0 Å². The highest BCUT2D eigenvalue weighted by atomic mass is 19.4. The lowest BCUT2D eigenvalue weighted by atomic mass is 10.0. The van der Waals surface area contributed by atoms with Gasteiger partial charge in [0.05, 0.1) is 11.3 Å². The van der Waals surface area contributed by atoms with Crippen molar-refractivity contribution in [3.8, 4) is 0 Å². The van der Waals surface area contributed by atoms with Crippen LogP contribution in [0, 0.1) is 0 Å². The molecule has 1 spiro atoms. The number of para-hydroxylation sites is 1. The van der Waals surface area contributed by atoms with Crippen LogP contribution in [-0.2, 0) is 16.6 Å². The molecule has 2 aliphatic rings. The van der Waals surface area contributed by atoms with Crippen LogP contribution in [0.25, 0.3) is 0 Å². The molecule has 2 aromatic rings. The average Bonchev–Trinajstić information content (AvgIpc) is 2.88. The fraction of sp³-hybridized carbons (Fsp3) is 0.211. The van der Waals surface area contributed by atoms with Gasteiger partial charge in [0, 0.05) is 17.8 Å². The number of nitrogens with zero attached hydrogens (tertiary/aromatic N) is 3. The van der Waals surface area contributed by atoms with Crippen molar-refractivity contribution in [2.24, 2.45) is 15.7 Å². The third-order valence-electron chi connectivity index (χ3n) is 4.68. The number of guanidine groups is 2. The molecule has 2 aliphatic heterocycles. The van der Waals surface area contributed by atoms with E-state index < -0.39 is 17.4 Å². The Kier molecular flexibility index (Phi) is 4.21. The van der Waals surface area contributed by atoms with E-state index in [-0.39, 0.29) is 23.5 Å². The summed E-state index contributed by atoms with van der Waals surface area (Å²) in [5, 5.41) is 5.44. The molecular weight excluding hydrogens is 385 g/mol. The summed E-state index contributed by atoms with van der Waals surface area (Å²) < 4.78 is 39.0. The van der Waals surface area contributed by atoms with E-state index in [0.717, 1.165) is 12.1 Å². The number of carbonyl (C=O) groups is 1. The summed E-state index contributed by atoms with van der Waals surface area (Å²) in [7, 11) is 0. The normalized spacial score (nSPS) is 20.8. The number of fused-ring (bicyclic) bond motifs is 2. The lowest BCUT2D eigenvalue weighted by molar-refractivity contribution is -0.137. The van der Waals surface area contributed by atoms with Crippen molar-refractivity contribution in [1.29, 1.82) is 0 Å². The average molecular weight is 402 g/mol. The summed E-state index contributed by atoms with van der Waals surface area (Å²) in [4.78, 5) is 23.4. The Bertz CT molecular complexity index is 1050. The number of benzene rings is 2. The predicted octanol–water partition coefficient (Wildman–Crippen LogP) is 2.61. The van der Waals surface area contributed by atoms with Gasteiger partial charge in [-0.2, -0.15) is 13.2 Å². The summed E-state index contributed by atoms with van der Waals surface area (Å²) in [6.07, 6.45) is -4.48. The van der Waals surface area contributed by atoms with E-state index >= 15 is 0 Å². The summed E-state index contributed by atoms with van der Waals surface area (Å²) in [5.41, 5.74) is 4.84. The largest absolute Gasteiger partial charge is 0.416 e. The summed E-state index contributed by atoms with van der Waals surface area (Å²) in [5.74, 6) is -0.428. The SMILES string of the molecule is CCN1C(=O)[C@]2(N=C(N)NC(Nc3cccc(C(F)(F)F)c3)=N2)c2ccccc21. The number of hydrogen-bond acceptors (Lipinski definition) is 6. The first-order valence-electron chi connectivity index (χ1n) is 8.82. The van der Waals surface area contributed by atoms with Crippen molar-refractivity contribution in [2.45, 2.75) is 18.8 Å². The highest BCUT2D eigenvalue weighted by Crippen LogP contribution is 2.44. The first kappa shape index (κ1) is 18.8. The van der Waals surface area contributed by atoms with Crippen LogP contribution in [0.4, 0.5) is 24.5 Å². The van der Waals surface area contributed by atoms with Crippen molar-refractivity contribution in [2.75, 3.05) is 16.8 Å². The quantitative estimate of drug-likeness (QED) is 0.720. The molecule has 2 heterocycles. The number of amides is 1. The molecule has 0 aromatic heterocycles. The molecule has 1 atom stereocenters. The molecule has 0 aliphatic carbocycles. The van der Waals surface area contributed by atoms with Crippen molar-refractivity contribution in [3.63, 3.8) is 0 Å². The lowest BCUT2D eigenvalue weighted by Crippen LogP contribution is -2.51. The number of nitrogens with one attached hydrogen (secondary N) is 2. The van der Waals surface area contributed by atoms with E-state index in [0.29, 0.717) is 17.8 Å². The zero-order valence-electron chi connectivity index (χ0n) is 15.3. The minimum Gasteiger partial charge on any atom is -0.370 e.